The van der Waals surface area contributed by atoms with E-state index in [-0.39, 0.29) is 12.1 Å². The van der Waals surface area contributed by atoms with Gasteiger partial charge in [0, 0.05) is 19.6 Å². The molecule has 1 fully saturated rings. The van der Waals surface area contributed by atoms with Crippen LogP contribution in [0.25, 0.3) is 0 Å². The minimum absolute atomic E-state index is 0.00388. The number of esters is 1. The largest absolute Gasteiger partial charge is 0.460 e. The van der Waals surface area contributed by atoms with Gasteiger partial charge in [-0.25, -0.2) is 0 Å². The van der Waals surface area contributed by atoms with Crippen LogP contribution in [0.5, 0.6) is 11.5 Å². The molecule has 0 amide bonds. The van der Waals surface area contributed by atoms with E-state index in [4.69, 9.17) is 14.2 Å². The van der Waals surface area contributed by atoms with Gasteiger partial charge < -0.3 is 14.2 Å². The van der Waals surface area contributed by atoms with Crippen LogP contribution in [-0.2, 0) is 14.3 Å². The number of hydrogen-bond acceptors (Lipinski definition) is 5. The minimum atomic E-state index is -0.437. The van der Waals surface area contributed by atoms with Crippen LogP contribution in [0, 0.1) is 6.92 Å². The van der Waals surface area contributed by atoms with Crippen molar-refractivity contribution in [1.82, 2.24) is 4.90 Å². The summed E-state index contributed by atoms with van der Waals surface area (Å²) in [6.07, 6.45) is 0.392. The highest BCUT2D eigenvalue weighted by Gasteiger charge is 2.23. The van der Waals surface area contributed by atoms with E-state index in [1.165, 1.54) is 5.56 Å². The molecule has 0 aliphatic carbocycles. The first-order valence-electron chi connectivity index (χ1n) is 10.2. The summed E-state index contributed by atoms with van der Waals surface area (Å²) < 4.78 is 17.3. The van der Waals surface area contributed by atoms with Gasteiger partial charge in [0.05, 0.1) is 19.1 Å². The zero-order valence-electron chi connectivity index (χ0n) is 17.8. The number of carbonyl (C=O) groups is 1. The monoisotopic (exact) mass is 397 g/mol. The molecule has 5 nitrogen and oxygen atoms in total. The molecule has 1 unspecified atom stereocenters. The lowest BCUT2D eigenvalue weighted by molar-refractivity contribution is -0.155. The number of ether oxygens (including phenoxy) is 3. The highest BCUT2D eigenvalue weighted by Crippen LogP contribution is 2.27. The van der Waals surface area contributed by atoms with Gasteiger partial charge in [0.1, 0.15) is 17.1 Å². The SMILES string of the molecule is Cc1ccc(Oc2ccc(C3CN(CCC(=O)OC(C)(C)C)CCO3)cc2)cc1. The number of morpholine rings is 1. The van der Waals surface area contributed by atoms with E-state index in [9.17, 15) is 4.79 Å². The van der Waals surface area contributed by atoms with Crippen molar-refractivity contribution in [2.24, 2.45) is 0 Å². The molecule has 0 N–H and O–H groups in total. The molecule has 0 spiro atoms. The fourth-order valence-electron chi connectivity index (χ4n) is 3.24. The van der Waals surface area contributed by atoms with Gasteiger partial charge in [-0.2, -0.15) is 0 Å². The Labute approximate surface area is 173 Å². The van der Waals surface area contributed by atoms with Crippen molar-refractivity contribution in [3.63, 3.8) is 0 Å². The van der Waals surface area contributed by atoms with E-state index in [1.807, 2.05) is 69.3 Å². The molecule has 1 aliphatic heterocycles. The van der Waals surface area contributed by atoms with E-state index in [2.05, 4.69) is 11.8 Å². The molecule has 2 aromatic rings. The molecule has 0 aromatic heterocycles. The van der Waals surface area contributed by atoms with Crippen molar-refractivity contribution in [1.29, 1.82) is 0 Å². The van der Waals surface area contributed by atoms with Gasteiger partial charge >= 0.3 is 5.97 Å². The minimum Gasteiger partial charge on any atom is -0.460 e. The molecular weight excluding hydrogens is 366 g/mol. The highest BCUT2D eigenvalue weighted by atomic mass is 16.6. The van der Waals surface area contributed by atoms with Gasteiger partial charge in [-0.15, -0.1) is 0 Å². The van der Waals surface area contributed by atoms with E-state index in [1.54, 1.807) is 0 Å². The molecule has 1 saturated heterocycles. The van der Waals surface area contributed by atoms with Crippen molar-refractivity contribution in [2.45, 2.75) is 45.8 Å². The molecule has 1 heterocycles. The molecule has 1 atom stereocenters. The Morgan fingerprint density at radius 1 is 1.07 bits per heavy atom. The van der Waals surface area contributed by atoms with Gasteiger partial charge in [-0.05, 0) is 57.5 Å². The normalized spacial score (nSPS) is 17.7. The standard InChI is InChI=1S/C24H31NO4/c1-18-5-9-20(10-6-18)28-21-11-7-19(8-12-21)22-17-25(15-16-27-22)14-13-23(26)29-24(2,3)4/h5-12,22H,13-17H2,1-4H3. The summed E-state index contributed by atoms with van der Waals surface area (Å²) in [5, 5.41) is 0. The number of nitrogens with zero attached hydrogens (tertiary/aromatic N) is 1. The molecule has 5 heteroatoms. The van der Waals surface area contributed by atoms with Crippen LogP contribution < -0.4 is 4.74 Å². The second-order valence-electron chi connectivity index (χ2n) is 8.48. The van der Waals surface area contributed by atoms with Crippen molar-refractivity contribution in [3.05, 3.63) is 59.7 Å². The predicted molar refractivity (Wildman–Crippen MR) is 113 cm³/mol. The number of rotatable bonds is 6. The summed E-state index contributed by atoms with van der Waals surface area (Å²) in [5.74, 6) is 1.47. The van der Waals surface area contributed by atoms with E-state index >= 15 is 0 Å². The molecule has 2 aromatic carbocycles. The lowest BCUT2D eigenvalue weighted by Gasteiger charge is -2.33. The number of carbonyl (C=O) groups excluding carboxylic acids is 1. The van der Waals surface area contributed by atoms with Crippen LogP contribution in [0.4, 0.5) is 0 Å². The number of aryl methyl sites for hydroxylation is 1. The maximum absolute atomic E-state index is 12.0. The first-order chi connectivity index (χ1) is 13.8. The quantitative estimate of drug-likeness (QED) is 0.650. The van der Waals surface area contributed by atoms with Gasteiger partial charge in [-0.1, -0.05) is 29.8 Å². The van der Waals surface area contributed by atoms with Crippen LogP contribution in [0.2, 0.25) is 0 Å². The predicted octanol–water partition coefficient (Wildman–Crippen LogP) is 4.89. The van der Waals surface area contributed by atoms with Crippen LogP contribution in [0.15, 0.2) is 48.5 Å². The second kappa shape index (κ2) is 9.42. The molecule has 0 bridgehead atoms. The zero-order chi connectivity index (χ0) is 20.9. The molecule has 156 valence electrons. The molecule has 29 heavy (non-hydrogen) atoms. The average Bonchev–Trinajstić information content (AvgIpc) is 2.68. The maximum atomic E-state index is 12.0. The Bertz CT molecular complexity index is 793. The third-order valence-corrected chi connectivity index (χ3v) is 4.71. The van der Waals surface area contributed by atoms with Crippen molar-refractivity contribution < 1.29 is 19.0 Å². The van der Waals surface area contributed by atoms with Crippen LogP contribution in [-0.4, -0.2) is 42.7 Å². The van der Waals surface area contributed by atoms with Crippen molar-refractivity contribution >= 4 is 5.97 Å². The first-order valence-corrected chi connectivity index (χ1v) is 10.2. The molecule has 1 aliphatic rings. The van der Waals surface area contributed by atoms with E-state index in [0.29, 0.717) is 19.6 Å². The molecule has 0 radical (unpaired) electrons. The third kappa shape index (κ3) is 6.87. The highest BCUT2D eigenvalue weighted by molar-refractivity contribution is 5.70. The Balaban J connectivity index is 1.52. The summed E-state index contributed by atoms with van der Waals surface area (Å²) in [5.41, 5.74) is 1.88. The summed E-state index contributed by atoms with van der Waals surface area (Å²) in [6, 6.07) is 16.0. The van der Waals surface area contributed by atoms with E-state index < -0.39 is 5.60 Å². The van der Waals surface area contributed by atoms with Crippen LogP contribution in [0.1, 0.15) is 44.4 Å². The average molecular weight is 398 g/mol. The van der Waals surface area contributed by atoms with Crippen LogP contribution in [0.3, 0.4) is 0 Å². The summed E-state index contributed by atoms with van der Waals surface area (Å²) in [4.78, 5) is 14.2. The molecule has 0 saturated carbocycles. The first kappa shape index (κ1) is 21.3. The van der Waals surface area contributed by atoms with E-state index in [0.717, 1.165) is 30.2 Å². The molecule has 3 rings (SSSR count). The fourth-order valence-corrected chi connectivity index (χ4v) is 3.24. The Kier molecular flexibility index (Phi) is 6.93. The smallest absolute Gasteiger partial charge is 0.307 e. The van der Waals surface area contributed by atoms with Gasteiger partial charge in [0.25, 0.3) is 0 Å². The second-order valence-corrected chi connectivity index (χ2v) is 8.48. The lowest BCUT2D eigenvalue weighted by atomic mass is 10.1. The third-order valence-electron chi connectivity index (χ3n) is 4.71. The number of benzene rings is 2. The topological polar surface area (TPSA) is 48.0 Å². The van der Waals surface area contributed by atoms with Crippen molar-refractivity contribution in [3.8, 4) is 11.5 Å². The summed E-state index contributed by atoms with van der Waals surface area (Å²) in [6.45, 7) is 10.7. The summed E-state index contributed by atoms with van der Waals surface area (Å²) >= 11 is 0. The van der Waals surface area contributed by atoms with Crippen molar-refractivity contribution in [2.75, 3.05) is 26.2 Å². The zero-order valence-corrected chi connectivity index (χ0v) is 17.8. The van der Waals surface area contributed by atoms with Gasteiger partial charge in [-0.3, -0.25) is 9.69 Å². The Hall–Kier alpha value is -2.37. The van der Waals surface area contributed by atoms with Gasteiger partial charge in [0.2, 0.25) is 0 Å². The number of hydrogen-bond donors (Lipinski definition) is 0. The maximum Gasteiger partial charge on any atom is 0.307 e. The van der Waals surface area contributed by atoms with Gasteiger partial charge in [0.15, 0.2) is 0 Å². The summed E-state index contributed by atoms with van der Waals surface area (Å²) in [7, 11) is 0. The Morgan fingerprint density at radius 2 is 1.69 bits per heavy atom. The lowest BCUT2D eigenvalue weighted by Crippen LogP contribution is -2.39. The van der Waals surface area contributed by atoms with Crippen LogP contribution >= 0.6 is 0 Å². The molecular formula is C24H31NO4. The fraction of sp³-hybridized carbons (Fsp3) is 0.458. The Morgan fingerprint density at radius 3 is 2.31 bits per heavy atom.